The van der Waals surface area contributed by atoms with Crippen molar-refractivity contribution in [1.29, 1.82) is 0 Å². The second-order valence-corrected chi connectivity index (χ2v) is 6.95. The molecule has 1 saturated carbocycles. The highest BCUT2D eigenvalue weighted by molar-refractivity contribution is 5.31. The molecule has 118 valence electrons. The van der Waals surface area contributed by atoms with Gasteiger partial charge in [-0.3, -0.25) is 0 Å². The smallest absolute Gasteiger partial charge is 0.165 e. The van der Waals surface area contributed by atoms with Crippen LogP contribution in [0.3, 0.4) is 0 Å². The average Bonchev–Trinajstić information content (AvgIpc) is 2.43. The quantitative estimate of drug-likeness (QED) is 0.838. The van der Waals surface area contributed by atoms with Crippen LogP contribution in [0.25, 0.3) is 0 Å². The first-order chi connectivity index (χ1) is 9.91. The Bertz CT molecular complexity index is 462. The number of nitrogens with one attached hydrogen (secondary N) is 1. The molecule has 0 bridgehead atoms. The maximum atomic E-state index is 14.2. The van der Waals surface area contributed by atoms with Gasteiger partial charge in [0.1, 0.15) is 0 Å². The van der Waals surface area contributed by atoms with E-state index < -0.39 is 0 Å². The van der Waals surface area contributed by atoms with Crippen LogP contribution in [0.2, 0.25) is 0 Å². The molecule has 0 spiro atoms. The van der Waals surface area contributed by atoms with Crippen LogP contribution in [0.4, 0.5) is 4.39 Å². The van der Waals surface area contributed by atoms with Crippen LogP contribution >= 0.6 is 0 Å². The van der Waals surface area contributed by atoms with Gasteiger partial charge in [-0.15, -0.1) is 0 Å². The van der Waals surface area contributed by atoms with Gasteiger partial charge in [0.2, 0.25) is 0 Å². The first-order valence-electron chi connectivity index (χ1n) is 8.11. The summed E-state index contributed by atoms with van der Waals surface area (Å²) in [5.74, 6) is 0.147. The van der Waals surface area contributed by atoms with Crippen LogP contribution in [0.1, 0.15) is 65.0 Å². The number of hydrogen-bond donors (Lipinski definition) is 1. The van der Waals surface area contributed by atoms with Gasteiger partial charge in [0.25, 0.3) is 0 Å². The van der Waals surface area contributed by atoms with Crippen LogP contribution in [0.5, 0.6) is 5.75 Å². The summed E-state index contributed by atoms with van der Waals surface area (Å²) in [6, 6.07) is 5.49. The van der Waals surface area contributed by atoms with Gasteiger partial charge < -0.3 is 10.1 Å². The third-order valence-corrected chi connectivity index (χ3v) is 4.55. The highest BCUT2D eigenvalue weighted by Crippen LogP contribution is 2.37. The zero-order valence-electron chi connectivity index (χ0n) is 13.7. The zero-order chi connectivity index (χ0) is 15.5. The molecule has 0 heterocycles. The van der Waals surface area contributed by atoms with E-state index in [0.29, 0.717) is 11.2 Å². The number of halogens is 1. The summed E-state index contributed by atoms with van der Waals surface area (Å²) >= 11 is 0. The molecule has 1 aliphatic carbocycles. The minimum absolute atomic E-state index is 0.157. The lowest BCUT2D eigenvalue weighted by Crippen LogP contribution is -2.28. The van der Waals surface area contributed by atoms with Crippen molar-refractivity contribution in [3.05, 3.63) is 29.6 Å². The Morgan fingerprint density at radius 2 is 2.00 bits per heavy atom. The molecule has 1 unspecified atom stereocenters. The molecule has 1 atom stereocenters. The summed E-state index contributed by atoms with van der Waals surface area (Å²) in [4.78, 5) is 0. The second kappa shape index (κ2) is 6.78. The first kappa shape index (κ1) is 16.3. The molecule has 0 amide bonds. The van der Waals surface area contributed by atoms with Crippen molar-refractivity contribution in [2.75, 3.05) is 6.54 Å². The molecule has 0 aliphatic heterocycles. The van der Waals surface area contributed by atoms with Crippen molar-refractivity contribution in [3.63, 3.8) is 0 Å². The highest BCUT2D eigenvalue weighted by Gasteiger charge is 2.28. The van der Waals surface area contributed by atoms with Gasteiger partial charge in [0, 0.05) is 6.04 Å². The fraction of sp³-hybridized carbons (Fsp3) is 0.667. The molecule has 1 aromatic carbocycles. The molecule has 2 rings (SSSR count). The lowest BCUT2D eigenvalue weighted by atomic mass is 9.76. The Morgan fingerprint density at radius 1 is 1.33 bits per heavy atom. The fourth-order valence-corrected chi connectivity index (χ4v) is 2.98. The molecule has 21 heavy (non-hydrogen) atoms. The Labute approximate surface area is 128 Å². The van der Waals surface area contributed by atoms with Crippen molar-refractivity contribution in [2.45, 2.75) is 65.5 Å². The fourth-order valence-electron chi connectivity index (χ4n) is 2.98. The molecule has 0 aromatic heterocycles. The number of ether oxygens (including phenoxy) is 1. The third-order valence-electron chi connectivity index (χ3n) is 4.55. The minimum atomic E-state index is -0.248. The number of hydrogen-bond acceptors (Lipinski definition) is 2. The first-order valence-corrected chi connectivity index (χ1v) is 8.11. The van der Waals surface area contributed by atoms with Crippen molar-refractivity contribution in [1.82, 2.24) is 5.32 Å². The van der Waals surface area contributed by atoms with Crippen molar-refractivity contribution in [3.8, 4) is 5.75 Å². The molecule has 3 heteroatoms. The Balaban J connectivity index is 1.98. The van der Waals surface area contributed by atoms with Crippen molar-refractivity contribution in [2.24, 2.45) is 5.41 Å². The summed E-state index contributed by atoms with van der Waals surface area (Å²) in [5, 5.41) is 3.29. The molecule has 0 radical (unpaired) electrons. The van der Waals surface area contributed by atoms with Crippen LogP contribution in [-0.2, 0) is 0 Å². The van der Waals surface area contributed by atoms with Crippen LogP contribution in [0.15, 0.2) is 18.2 Å². The lowest BCUT2D eigenvalue weighted by Gasteiger charge is -2.34. The van der Waals surface area contributed by atoms with Gasteiger partial charge in [-0.25, -0.2) is 4.39 Å². The molecular weight excluding hydrogens is 265 g/mol. The van der Waals surface area contributed by atoms with Crippen LogP contribution < -0.4 is 10.1 Å². The molecular formula is C18H28FNO. The topological polar surface area (TPSA) is 21.3 Å². The third kappa shape index (κ3) is 4.44. The van der Waals surface area contributed by atoms with Gasteiger partial charge in [-0.1, -0.05) is 26.8 Å². The normalized spacial score (nSPS) is 20.2. The van der Waals surface area contributed by atoms with Gasteiger partial charge in [0.15, 0.2) is 11.6 Å². The molecule has 1 aromatic rings. The number of rotatable bonds is 5. The highest BCUT2D eigenvalue weighted by atomic mass is 19.1. The van der Waals surface area contributed by atoms with E-state index in [1.807, 2.05) is 13.0 Å². The van der Waals surface area contributed by atoms with E-state index in [9.17, 15) is 4.39 Å². The molecule has 2 nitrogen and oxygen atoms in total. The summed E-state index contributed by atoms with van der Waals surface area (Å²) in [6.07, 6.45) is 4.48. The predicted octanol–water partition coefficient (Wildman–Crippen LogP) is 4.84. The SMILES string of the molecule is CCNC(C)c1ccc(OC2CCC(C)(C)CC2)c(F)c1. The van der Waals surface area contributed by atoms with E-state index >= 15 is 0 Å². The van der Waals surface area contributed by atoms with Crippen LogP contribution in [0, 0.1) is 11.2 Å². The molecule has 1 fully saturated rings. The van der Waals surface area contributed by atoms with E-state index in [0.717, 1.165) is 37.8 Å². The van der Waals surface area contributed by atoms with Crippen molar-refractivity contribution >= 4 is 0 Å². The Morgan fingerprint density at radius 3 is 2.57 bits per heavy atom. The van der Waals surface area contributed by atoms with Gasteiger partial charge in [0.05, 0.1) is 6.10 Å². The second-order valence-electron chi connectivity index (χ2n) is 6.95. The predicted molar refractivity (Wildman–Crippen MR) is 85.2 cm³/mol. The molecule has 0 saturated heterocycles. The van der Waals surface area contributed by atoms with E-state index in [-0.39, 0.29) is 18.0 Å². The standard InChI is InChI=1S/C18H28FNO/c1-5-20-13(2)14-6-7-17(16(19)12-14)21-15-8-10-18(3,4)11-9-15/h6-7,12-13,15,20H,5,8-11H2,1-4H3. The van der Waals surface area contributed by atoms with Gasteiger partial charge >= 0.3 is 0 Å². The zero-order valence-corrected chi connectivity index (χ0v) is 13.7. The monoisotopic (exact) mass is 293 g/mol. The van der Waals surface area contributed by atoms with E-state index in [1.54, 1.807) is 12.1 Å². The summed E-state index contributed by atoms with van der Waals surface area (Å²) in [5.41, 5.74) is 1.37. The summed E-state index contributed by atoms with van der Waals surface area (Å²) in [7, 11) is 0. The Hall–Kier alpha value is -1.09. The van der Waals surface area contributed by atoms with Crippen LogP contribution in [-0.4, -0.2) is 12.6 Å². The van der Waals surface area contributed by atoms with Gasteiger partial charge in [-0.2, -0.15) is 0 Å². The summed E-state index contributed by atoms with van der Waals surface area (Å²) < 4.78 is 20.1. The summed E-state index contributed by atoms with van der Waals surface area (Å²) in [6.45, 7) is 9.55. The van der Waals surface area contributed by atoms with E-state index in [4.69, 9.17) is 4.74 Å². The average molecular weight is 293 g/mol. The largest absolute Gasteiger partial charge is 0.487 e. The lowest BCUT2D eigenvalue weighted by molar-refractivity contribution is 0.0952. The molecule has 1 N–H and O–H groups in total. The molecule has 1 aliphatic rings. The maximum Gasteiger partial charge on any atom is 0.165 e. The maximum absolute atomic E-state index is 14.2. The Kier molecular flexibility index (Phi) is 5.26. The van der Waals surface area contributed by atoms with Gasteiger partial charge in [-0.05, 0) is 62.3 Å². The van der Waals surface area contributed by atoms with E-state index in [2.05, 4.69) is 26.1 Å². The number of benzene rings is 1. The van der Waals surface area contributed by atoms with Crippen molar-refractivity contribution < 1.29 is 9.13 Å². The minimum Gasteiger partial charge on any atom is -0.487 e. The van der Waals surface area contributed by atoms with E-state index in [1.165, 1.54) is 0 Å².